The Morgan fingerprint density at radius 1 is 1.33 bits per heavy atom. The van der Waals surface area contributed by atoms with Crippen molar-refractivity contribution in [2.24, 2.45) is 0 Å². The molecular weight excluding hydrogens is 268 g/mol. The van der Waals surface area contributed by atoms with Crippen LogP contribution in [0.4, 0.5) is 0 Å². The molecule has 0 unspecified atom stereocenters. The van der Waals surface area contributed by atoms with Crippen LogP contribution >= 0.6 is 0 Å². The van der Waals surface area contributed by atoms with Crippen molar-refractivity contribution >= 4 is 27.8 Å². The van der Waals surface area contributed by atoms with Crippen molar-refractivity contribution in [1.82, 2.24) is 9.97 Å². The molecule has 0 spiro atoms. The molecule has 3 aromatic rings. The summed E-state index contributed by atoms with van der Waals surface area (Å²) in [6.07, 6.45) is 1.59. The lowest BCUT2D eigenvalue weighted by Gasteiger charge is -2.11. The first-order valence-electron chi connectivity index (χ1n) is 6.81. The van der Waals surface area contributed by atoms with E-state index in [2.05, 4.69) is 9.97 Å². The predicted molar refractivity (Wildman–Crippen MR) is 80.5 cm³/mol. The van der Waals surface area contributed by atoms with Crippen LogP contribution in [0.5, 0.6) is 0 Å². The van der Waals surface area contributed by atoms with E-state index in [9.17, 15) is 9.90 Å². The van der Waals surface area contributed by atoms with Crippen molar-refractivity contribution in [2.45, 2.75) is 26.6 Å². The molecule has 0 saturated carbocycles. The third-order valence-corrected chi connectivity index (χ3v) is 3.41. The molecule has 3 rings (SSSR count). The van der Waals surface area contributed by atoms with Crippen molar-refractivity contribution in [3.05, 3.63) is 41.7 Å². The zero-order chi connectivity index (χ0) is 15.0. The van der Waals surface area contributed by atoms with Gasteiger partial charge in [-0.3, -0.25) is 0 Å². The van der Waals surface area contributed by atoms with E-state index in [1.54, 1.807) is 6.20 Å². The zero-order valence-corrected chi connectivity index (χ0v) is 11.9. The van der Waals surface area contributed by atoms with Crippen molar-refractivity contribution in [2.75, 3.05) is 0 Å². The van der Waals surface area contributed by atoms with Gasteiger partial charge in [-0.25, -0.2) is 9.78 Å². The number of carbonyl (C=O) groups is 1. The zero-order valence-electron chi connectivity index (χ0n) is 11.9. The quantitative estimate of drug-likeness (QED) is 0.770. The molecule has 0 bridgehead atoms. The minimum absolute atomic E-state index is 0.0205. The summed E-state index contributed by atoms with van der Waals surface area (Å²) in [5.74, 6) is -1.04. The van der Waals surface area contributed by atoms with Crippen LogP contribution < -0.4 is 0 Å². The molecule has 0 fully saturated rings. The Balaban J connectivity index is 2.30. The lowest BCUT2D eigenvalue weighted by Crippen LogP contribution is -2.10. The number of nitrogens with zero attached hydrogens (tertiary/aromatic N) is 1. The lowest BCUT2D eigenvalue weighted by molar-refractivity contribution is 0.0606. The molecule has 21 heavy (non-hydrogen) atoms. The molecule has 108 valence electrons. The average Bonchev–Trinajstić information content (AvgIpc) is 2.83. The first-order chi connectivity index (χ1) is 10.1. The molecule has 5 nitrogen and oxygen atoms in total. The minimum Gasteiger partial charge on any atom is -0.477 e. The number of hydrogen-bond acceptors (Lipinski definition) is 3. The van der Waals surface area contributed by atoms with Gasteiger partial charge in [-0.15, -0.1) is 0 Å². The smallest absolute Gasteiger partial charge is 0.354 e. The topological polar surface area (TPSA) is 75.2 Å². The number of aromatic nitrogens is 2. The fourth-order valence-corrected chi connectivity index (χ4v) is 2.48. The van der Waals surface area contributed by atoms with Gasteiger partial charge in [0.25, 0.3) is 0 Å². The van der Waals surface area contributed by atoms with Gasteiger partial charge < -0.3 is 14.8 Å². The minimum atomic E-state index is -1.04. The van der Waals surface area contributed by atoms with Crippen LogP contribution in [0.1, 0.15) is 29.9 Å². The van der Waals surface area contributed by atoms with Crippen LogP contribution in [-0.2, 0) is 11.3 Å². The van der Waals surface area contributed by atoms with Crippen LogP contribution in [0.15, 0.2) is 30.5 Å². The molecule has 0 atom stereocenters. The first kappa shape index (κ1) is 13.6. The van der Waals surface area contributed by atoms with Gasteiger partial charge in [-0.2, -0.15) is 0 Å². The molecule has 0 aliphatic heterocycles. The van der Waals surface area contributed by atoms with Crippen LogP contribution in [0, 0.1) is 0 Å². The average molecular weight is 284 g/mol. The summed E-state index contributed by atoms with van der Waals surface area (Å²) < 4.78 is 5.63. The lowest BCUT2D eigenvalue weighted by atomic mass is 10.1. The number of pyridine rings is 1. The second kappa shape index (κ2) is 5.18. The molecule has 0 saturated heterocycles. The van der Waals surface area contributed by atoms with Crippen LogP contribution in [0.25, 0.3) is 21.8 Å². The highest BCUT2D eigenvalue weighted by Gasteiger charge is 2.18. The summed E-state index contributed by atoms with van der Waals surface area (Å²) in [6.45, 7) is 4.07. The number of nitrogens with one attached hydrogen (secondary N) is 1. The Kier molecular flexibility index (Phi) is 3.35. The second-order valence-electron chi connectivity index (χ2n) is 5.21. The number of rotatable bonds is 4. The van der Waals surface area contributed by atoms with Gasteiger partial charge in [-0.05, 0) is 19.9 Å². The van der Waals surface area contributed by atoms with E-state index >= 15 is 0 Å². The van der Waals surface area contributed by atoms with Crippen LogP contribution in [-0.4, -0.2) is 27.1 Å². The molecule has 0 amide bonds. The van der Waals surface area contributed by atoms with E-state index in [-0.39, 0.29) is 18.4 Å². The number of aromatic carboxylic acids is 1. The molecule has 2 heterocycles. The fourth-order valence-electron chi connectivity index (χ4n) is 2.48. The maximum Gasteiger partial charge on any atom is 0.354 e. The maximum atomic E-state index is 11.4. The molecule has 2 N–H and O–H groups in total. The number of ether oxygens (including phenoxy) is 1. The van der Waals surface area contributed by atoms with Gasteiger partial charge in [0.05, 0.1) is 24.4 Å². The number of fused-ring (bicyclic) bond motifs is 3. The highest BCUT2D eigenvalue weighted by Crippen LogP contribution is 2.30. The van der Waals surface area contributed by atoms with Gasteiger partial charge in [0.15, 0.2) is 5.69 Å². The molecule has 0 aliphatic rings. The number of para-hydroxylation sites is 1. The Labute approximate surface area is 121 Å². The van der Waals surface area contributed by atoms with Crippen LogP contribution in [0.3, 0.4) is 0 Å². The Bertz CT molecular complexity index is 821. The molecule has 0 aliphatic carbocycles. The van der Waals surface area contributed by atoms with Gasteiger partial charge in [-0.1, -0.05) is 18.2 Å². The number of aromatic amines is 1. The number of carboxylic acids is 1. The highest BCUT2D eigenvalue weighted by molar-refractivity contribution is 6.10. The maximum absolute atomic E-state index is 11.4. The van der Waals surface area contributed by atoms with Crippen molar-refractivity contribution in [1.29, 1.82) is 0 Å². The summed E-state index contributed by atoms with van der Waals surface area (Å²) in [5.41, 5.74) is 2.45. The largest absolute Gasteiger partial charge is 0.477 e. The number of H-pyrrole nitrogens is 1. The number of carboxylic acid groups (broad SMARTS) is 1. The van der Waals surface area contributed by atoms with E-state index < -0.39 is 5.97 Å². The molecule has 2 aromatic heterocycles. The summed E-state index contributed by atoms with van der Waals surface area (Å²) in [7, 11) is 0. The van der Waals surface area contributed by atoms with E-state index in [4.69, 9.17) is 4.74 Å². The molecule has 0 radical (unpaired) electrons. The number of hydrogen-bond donors (Lipinski definition) is 2. The molecule has 1 aromatic carbocycles. The normalized spacial score (nSPS) is 11.6. The van der Waals surface area contributed by atoms with E-state index in [0.29, 0.717) is 5.56 Å². The summed E-state index contributed by atoms with van der Waals surface area (Å²) in [6, 6.07) is 7.80. The van der Waals surface area contributed by atoms with Crippen molar-refractivity contribution < 1.29 is 14.6 Å². The van der Waals surface area contributed by atoms with Gasteiger partial charge in [0.1, 0.15) is 0 Å². The highest BCUT2D eigenvalue weighted by atomic mass is 16.5. The van der Waals surface area contributed by atoms with Crippen molar-refractivity contribution in [3.8, 4) is 0 Å². The molecule has 5 heteroatoms. The number of benzene rings is 1. The van der Waals surface area contributed by atoms with Crippen molar-refractivity contribution in [3.63, 3.8) is 0 Å². The Morgan fingerprint density at radius 3 is 2.81 bits per heavy atom. The van der Waals surface area contributed by atoms with Gasteiger partial charge >= 0.3 is 5.97 Å². The van der Waals surface area contributed by atoms with E-state index in [1.165, 1.54) is 0 Å². The monoisotopic (exact) mass is 284 g/mol. The van der Waals surface area contributed by atoms with Gasteiger partial charge in [0, 0.05) is 21.9 Å². The summed E-state index contributed by atoms with van der Waals surface area (Å²) in [5, 5.41) is 11.2. The van der Waals surface area contributed by atoms with E-state index in [0.717, 1.165) is 21.8 Å². The third-order valence-electron chi connectivity index (χ3n) is 3.41. The van der Waals surface area contributed by atoms with Gasteiger partial charge in [0.2, 0.25) is 0 Å². The van der Waals surface area contributed by atoms with E-state index in [1.807, 2.05) is 38.1 Å². The first-order valence-corrected chi connectivity index (χ1v) is 6.81. The molecular formula is C16H16N2O3. The Morgan fingerprint density at radius 2 is 2.10 bits per heavy atom. The standard InChI is InChI=1S/C16H16N2O3/c1-9(2)21-8-11-14-10-5-3-4-6-12(10)18-13(14)7-17-15(11)16(19)20/h3-7,9,18H,8H2,1-2H3,(H,19,20). The predicted octanol–water partition coefficient (Wildman–Crippen LogP) is 3.34. The third kappa shape index (κ3) is 2.36. The van der Waals surface area contributed by atoms with Crippen LogP contribution in [0.2, 0.25) is 0 Å². The summed E-state index contributed by atoms with van der Waals surface area (Å²) >= 11 is 0. The fraction of sp³-hybridized carbons (Fsp3) is 0.250. The second-order valence-corrected chi connectivity index (χ2v) is 5.21. The SMILES string of the molecule is CC(C)OCc1c(C(=O)O)ncc2[nH]c3ccccc3c12. The summed E-state index contributed by atoms with van der Waals surface area (Å²) in [4.78, 5) is 18.8. The Hall–Kier alpha value is -2.40.